The molecular weight excluding hydrogens is 486 g/mol. The normalized spacial score (nSPS) is 15.9. The standard InChI is InChI=1S/C24H20ClN7O2S/c1-14-20(27-28-21-15(2)30(3)32(23(21)34)18-7-5-4-6-8-18)22(33)31(29-14)24-26-19(13-35-24)16-9-11-17(25)12-10-16/h4-13,20H,1-3H3/t20-/m1/s1. The number of halogens is 1. The number of hydrogen-bond acceptors (Lipinski definition) is 7. The summed E-state index contributed by atoms with van der Waals surface area (Å²) in [5.41, 5.74) is 3.28. The monoisotopic (exact) mass is 505 g/mol. The molecule has 35 heavy (non-hydrogen) atoms. The van der Waals surface area contributed by atoms with Gasteiger partial charge in [0.2, 0.25) is 5.13 Å². The highest BCUT2D eigenvalue weighted by atomic mass is 35.5. The third kappa shape index (κ3) is 4.11. The van der Waals surface area contributed by atoms with Crippen LogP contribution in [0.5, 0.6) is 0 Å². The van der Waals surface area contributed by atoms with Crippen LogP contribution in [0.1, 0.15) is 12.6 Å². The zero-order chi connectivity index (χ0) is 24.7. The lowest BCUT2D eigenvalue weighted by molar-refractivity contribution is -0.117. The van der Waals surface area contributed by atoms with Crippen molar-refractivity contribution in [1.82, 2.24) is 14.3 Å². The molecule has 5 rings (SSSR count). The number of hydrazone groups is 1. The van der Waals surface area contributed by atoms with Crippen molar-refractivity contribution >= 4 is 45.4 Å². The summed E-state index contributed by atoms with van der Waals surface area (Å²) in [5.74, 6) is -0.375. The van der Waals surface area contributed by atoms with E-state index in [1.807, 2.05) is 47.8 Å². The lowest BCUT2D eigenvalue weighted by atomic mass is 10.2. The van der Waals surface area contributed by atoms with Gasteiger partial charge in [-0.25, -0.2) is 9.67 Å². The molecule has 9 nitrogen and oxygen atoms in total. The van der Waals surface area contributed by atoms with Crippen LogP contribution in [0.3, 0.4) is 0 Å². The summed E-state index contributed by atoms with van der Waals surface area (Å²) in [5, 5.41) is 16.9. The van der Waals surface area contributed by atoms with Crippen molar-refractivity contribution in [2.45, 2.75) is 19.9 Å². The first kappa shape index (κ1) is 22.9. The maximum Gasteiger partial charge on any atom is 0.299 e. The Kier molecular flexibility index (Phi) is 5.91. The fourth-order valence-electron chi connectivity index (χ4n) is 3.73. The van der Waals surface area contributed by atoms with Gasteiger partial charge >= 0.3 is 0 Å². The largest absolute Gasteiger partial charge is 0.299 e. The number of hydrogen-bond donors (Lipinski definition) is 0. The third-order valence-corrected chi connectivity index (χ3v) is 6.77. The molecule has 176 valence electrons. The summed E-state index contributed by atoms with van der Waals surface area (Å²) in [7, 11) is 1.78. The van der Waals surface area contributed by atoms with E-state index in [9.17, 15) is 9.59 Å². The van der Waals surface area contributed by atoms with Crippen molar-refractivity contribution in [3.63, 3.8) is 0 Å². The van der Waals surface area contributed by atoms with Gasteiger partial charge in [-0.2, -0.15) is 15.2 Å². The molecular formula is C24H20ClN7O2S. The average Bonchev–Trinajstić information content (AvgIpc) is 3.50. The number of carbonyl (C=O) groups is 1. The Morgan fingerprint density at radius 1 is 1.03 bits per heavy atom. The quantitative estimate of drug-likeness (QED) is 0.351. The number of nitrogens with zero attached hydrogens (tertiary/aromatic N) is 7. The third-order valence-electron chi connectivity index (χ3n) is 5.71. The van der Waals surface area contributed by atoms with Crippen LogP contribution in [0.4, 0.5) is 10.8 Å². The highest BCUT2D eigenvalue weighted by Gasteiger charge is 2.36. The van der Waals surface area contributed by atoms with Gasteiger partial charge in [-0.15, -0.1) is 16.5 Å². The van der Waals surface area contributed by atoms with E-state index < -0.39 is 6.04 Å². The minimum absolute atomic E-state index is 0.176. The molecule has 0 saturated heterocycles. The molecule has 2 aromatic carbocycles. The molecule has 11 heteroatoms. The Labute approximate surface area is 209 Å². The highest BCUT2D eigenvalue weighted by molar-refractivity contribution is 7.14. The molecule has 1 amide bonds. The van der Waals surface area contributed by atoms with Crippen molar-refractivity contribution in [2.24, 2.45) is 22.4 Å². The van der Waals surface area contributed by atoms with Crippen molar-refractivity contribution < 1.29 is 4.79 Å². The number of benzene rings is 2. The van der Waals surface area contributed by atoms with Crippen molar-refractivity contribution in [1.29, 1.82) is 0 Å². The van der Waals surface area contributed by atoms with Crippen molar-refractivity contribution in [2.75, 3.05) is 5.01 Å². The van der Waals surface area contributed by atoms with Crippen LogP contribution in [0.15, 0.2) is 80.1 Å². The number of aromatic nitrogens is 3. The lowest BCUT2D eigenvalue weighted by Gasteiger charge is -2.08. The number of anilines is 1. The SMILES string of the molecule is CC1=NN(c2nc(-c3ccc(Cl)cc3)cs2)C(=O)[C@@H]1N=Nc1c(C)n(C)n(-c2ccccc2)c1=O. The molecule has 0 bridgehead atoms. The van der Waals surface area contributed by atoms with E-state index in [2.05, 4.69) is 20.3 Å². The molecule has 1 aliphatic rings. The van der Waals surface area contributed by atoms with E-state index in [1.54, 1.807) is 37.7 Å². The molecule has 0 aliphatic carbocycles. The summed E-state index contributed by atoms with van der Waals surface area (Å²) >= 11 is 7.26. The topological polar surface area (TPSA) is 97.2 Å². The number of para-hydroxylation sites is 1. The molecule has 0 unspecified atom stereocenters. The molecule has 0 spiro atoms. The van der Waals surface area contributed by atoms with E-state index in [0.29, 0.717) is 32.9 Å². The van der Waals surface area contributed by atoms with Gasteiger partial charge in [-0.1, -0.05) is 41.9 Å². The molecule has 1 aliphatic heterocycles. The fourth-order valence-corrected chi connectivity index (χ4v) is 4.64. The Hall–Kier alpha value is -3.89. The van der Waals surface area contributed by atoms with Crippen LogP contribution >= 0.6 is 22.9 Å². The van der Waals surface area contributed by atoms with Gasteiger partial charge < -0.3 is 0 Å². The van der Waals surface area contributed by atoms with Crippen LogP contribution in [0, 0.1) is 6.92 Å². The predicted octanol–water partition coefficient (Wildman–Crippen LogP) is 5.14. The average molecular weight is 506 g/mol. The first-order valence-corrected chi connectivity index (χ1v) is 12.0. The van der Waals surface area contributed by atoms with Gasteiger partial charge in [0.05, 0.1) is 22.8 Å². The van der Waals surface area contributed by atoms with Gasteiger partial charge in [-0.3, -0.25) is 14.3 Å². The van der Waals surface area contributed by atoms with Crippen LogP contribution in [-0.2, 0) is 11.8 Å². The summed E-state index contributed by atoms with van der Waals surface area (Å²) in [6, 6.07) is 15.6. The summed E-state index contributed by atoms with van der Waals surface area (Å²) in [6.07, 6.45) is 0. The summed E-state index contributed by atoms with van der Waals surface area (Å²) in [6.45, 7) is 3.49. The molecule has 4 aromatic rings. The zero-order valence-corrected chi connectivity index (χ0v) is 20.7. The van der Waals surface area contributed by atoms with Crippen LogP contribution in [0.2, 0.25) is 5.02 Å². The second-order valence-electron chi connectivity index (χ2n) is 7.94. The van der Waals surface area contributed by atoms with Gasteiger partial charge in [0.1, 0.15) is 0 Å². The van der Waals surface area contributed by atoms with Crippen LogP contribution < -0.4 is 10.6 Å². The van der Waals surface area contributed by atoms with Gasteiger partial charge in [0, 0.05) is 23.0 Å². The molecule has 0 fully saturated rings. The van der Waals surface area contributed by atoms with Crippen LogP contribution in [-0.4, -0.2) is 32.0 Å². The molecule has 0 saturated carbocycles. The summed E-state index contributed by atoms with van der Waals surface area (Å²) in [4.78, 5) is 30.7. The summed E-state index contributed by atoms with van der Waals surface area (Å²) < 4.78 is 3.23. The number of azo groups is 1. The van der Waals surface area contributed by atoms with Crippen molar-refractivity contribution in [3.8, 4) is 16.9 Å². The number of amides is 1. The molecule has 2 aromatic heterocycles. The Morgan fingerprint density at radius 3 is 2.46 bits per heavy atom. The first-order chi connectivity index (χ1) is 16.8. The fraction of sp³-hybridized carbons (Fsp3) is 0.167. The Morgan fingerprint density at radius 2 is 1.74 bits per heavy atom. The van der Waals surface area contributed by atoms with E-state index in [0.717, 1.165) is 5.56 Å². The Bertz CT molecular complexity index is 1530. The van der Waals surface area contributed by atoms with Gasteiger partial charge in [0.15, 0.2) is 11.7 Å². The van der Waals surface area contributed by atoms with Gasteiger partial charge in [0.25, 0.3) is 11.5 Å². The molecule has 0 radical (unpaired) electrons. The minimum atomic E-state index is -0.929. The highest BCUT2D eigenvalue weighted by Crippen LogP contribution is 2.31. The zero-order valence-electron chi connectivity index (χ0n) is 19.1. The first-order valence-electron chi connectivity index (χ1n) is 10.7. The van der Waals surface area contributed by atoms with E-state index in [1.165, 1.54) is 21.0 Å². The molecule has 3 heterocycles. The second-order valence-corrected chi connectivity index (χ2v) is 9.21. The minimum Gasteiger partial charge on any atom is -0.283 e. The second kappa shape index (κ2) is 9.05. The maximum absolute atomic E-state index is 13.1. The van der Waals surface area contributed by atoms with E-state index in [-0.39, 0.29) is 17.2 Å². The Balaban J connectivity index is 1.40. The lowest BCUT2D eigenvalue weighted by Crippen LogP contribution is -2.29. The maximum atomic E-state index is 13.1. The van der Waals surface area contributed by atoms with Crippen molar-refractivity contribution in [3.05, 3.63) is 81.0 Å². The van der Waals surface area contributed by atoms with Crippen LogP contribution in [0.25, 0.3) is 16.9 Å². The predicted molar refractivity (Wildman–Crippen MR) is 137 cm³/mol. The van der Waals surface area contributed by atoms with Gasteiger partial charge in [-0.05, 0) is 38.1 Å². The number of rotatable bonds is 5. The van der Waals surface area contributed by atoms with E-state index >= 15 is 0 Å². The molecule has 0 N–H and O–H groups in total. The number of carbonyl (C=O) groups excluding carboxylic acids is 1. The smallest absolute Gasteiger partial charge is 0.283 e. The number of thiazole rings is 1. The van der Waals surface area contributed by atoms with E-state index in [4.69, 9.17) is 11.6 Å². The molecule has 1 atom stereocenters.